The largest absolute Gasteiger partial charge is 0.461 e. The first-order valence-corrected chi connectivity index (χ1v) is 15.6. The quantitative estimate of drug-likeness (QED) is 0.0424. The number of unbranched alkanes of at least 4 members (excludes halogenated alkanes) is 12. The number of allylic oxidation sites excluding steroid dienone is 3. The van der Waals surface area contributed by atoms with Gasteiger partial charge in [0.05, 0.1) is 0 Å². The van der Waals surface area contributed by atoms with E-state index in [4.69, 9.17) is 14.2 Å². The van der Waals surface area contributed by atoms with E-state index in [0.29, 0.717) is 18.4 Å². The molecule has 6 nitrogen and oxygen atoms in total. The van der Waals surface area contributed by atoms with Gasteiger partial charge in [0, 0.05) is 32.3 Å². The van der Waals surface area contributed by atoms with Crippen LogP contribution in [0, 0.1) is 11.8 Å². The number of rotatable bonds is 22. The van der Waals surface area contributed by atoms with Crippen LogP contribution >= 0.6 is 0 Å². The lowest BCUT2D eigenvalue weighted by Crippen LogP contribution is -2.23. The van der Waals surface area contributed by atoms with E-state index >= 15 is 0 Å². The van der Waals surface area contributed by atoms with Gasteiger partial charge < -0.3 is 14.2 Å². The van der Waals surface area contributed by atoms with E-state index in [2.05, 4.69) is 18.8 Å². The van der Waals surface area contributed by atoms with Crippen LogP contribution in [0.5, 0.6) is 0 Å². The van der Waals surface area contributed by atoms with E-state index in [0.717, 1.165) is 30.4 Å². The highest BCUT2D eigenvalue weighted by Gasteiger charge is 2.18. The molecule has 0 rings (SSSR count). The van der Waals surface area contributed by atoms with Crippen molar-refractivity contribution in [1.82, 2.24) is 0 Å². The molecule has 0 aromatic rings. The van der Waals surface area contributed by atoms with E-state index in [1.807, 2.05) is 32.9 Å². The highest BCUT2D eigenvalue weighted by Crippen LogP contribution is 2.16. The summed E-state index contributed by atoms with van der Waals surface area (Å²) in [5, 5.41) is 0. The van der Waals surface area contributed by atoms with Crippen molar-refractivity contribution in [3.63, 3.8) is 0 Å². The molecule has 0 spiro atoms. The lowest BCUT2D eigenvalue weighted by molar-refractivity contribution is -0.146. The molecule has 0 heterocycles. The Bertz CT molecular complexity index is 895. The molecule has 0 N–H and O–H groups in total. The zero-order chi connectivity index (χ0) is 30.7. The Hall–Kier alpha value is -2.81. The van der Waals surface area contributed by atoms with Crippen LogP contribution in [0.1, 0.15) is 138 Å². The van der Waals surface area contributed by atoms with Gasteiger partial charge in [0.15, 0.2) is 0 Å². The fourth-order valence-electron chi connectivity index (χ4n) is 4.17. The van der Waals surface area contributed by atoms with E-state index in [-0.39, 0.29) is 19.2 Å². The van der Waals surface area contributed by atoms with Crippen molar-refractivity contribution in [2.75, 3.05) is 13.2 Å². The highest BCUT2D eigenvalue weighted by molar-refractivity contribution is 5.69. The molecule has 41 heavy (non-hydrogen) atoms. The normalized spacial score (nSPS) is 12.1. The monoisotopic (exact) mass is 572 g/mol. The van der Waals surface area contributed by atoms with Gasteiger partial charge in [-0.2, -0.15) is 0 Å². The Labute approximate surface area is 250 Å². The summed E-state index contributed by atoms with van der Waals surface area (Å²) in [5.41, 5.74) is 2.50. The molecule has 0 saturated heterocycles. The zero-order valence-electron chi connectivity index (χ0n) is 26.8. The Morgan fingerprint density at radius 1 is 0.707 bits per heavy atom. The summed E-state index contributed by atoms with van der Waals surface area (Å²) >= 11 is 0. The highest BCUT2D eigenvalue weighted by atomic mass is 16.6. The van der Waals surface area contributed by atoms with Crippen LogP contribution in [0.3, 0.4) is 0 Å². The molecule has 0 fully saturated rings. The minimum absolute atomic E-state index is 0.0225. The lowest BCUT2D eigenvalue weighted by atomic mass is 10.0. The van der Waals surface area contributed by atoms with Crippen molar-refractivity contribution in [1.29, 1.82) is 0 Å². The summed E-state index contributed by atoms with van der Waals surface area (Å²) in [6, 6.07) is 0. The Balaban J connectivity index is 4.61. The first-order valence-electron chi connectivity index (χ1n) is 15.6. The number of ether oxygens (including phenoxy) is 3. The number of hydrogen-bond donors (Lipinski definition) is 0. The van der Waals surface area contributed by atoms with Crippen LogP contribution in [0.4, 0.5) is 0 Å². The van der Waals surface area contributed by atoms with Gasteiger partial charge in [-0.15, -0.1) is 0 Å². The Morgan fingerprint density at radius 3 is 1.78 bits per heavy atom. The van der Waals surface area contributed by atoms with E-state index in [9.17, 15) is 14.4 Å². The summed E-state index contributed by atoms with van der Waals surface area (Å²) in [5.74, 6) is 4.86. The van der Waals surface area contributed by atoms with Gasteiger partial charge in [-0.25, -0.2) is 0 Å². The van der Waals surface area contributed by atoms with E-state index in [1.54, 1.807) is 6.08 Å². The lowest BCUT2D eigenvalue weighted by Gasteiger charge is -2.19. The number of hydrogen-bond acceptors (Lipinski definition) is 6. The molecule has 0 radical (unpaired) electrons. The molecule has 0 aliphatic rings. The molecule has 0 amide bonds. The summed E-state index contributed by atoms with van der Waals surface area (Å²) in [4.78, 5) is 35.5. The topological polar surface area (TPSA) is 78.9 Å². The van der Waals surface area contributed by atoms with Crippen LogP contribution in [0.15, 0.2) is 34.9 Å². The predicted octanol–water partition coefficient (Wildman–Crippen LogP) is 8.74. The molecule has 0 aromatic heterocycles. The molecule has 0 aliphatic carbocycles. The van der Waals surface area contributed by atoms with Crippen LogP contribution in [0.2, 0.25) is 0 Å². The molecular formula is C35H56O6. The average Bonchev–Trinajstić information content (AvgIpc) is 2.90. The van der Waals surface area contributed by atoms with Gasteiger partial charge in [0.25, 0.3) is 0 Å². The van der Waals surface area contributed by atoms with Gasteiger partial charge >= 0.3 is 17.9 Å². The number of carbonyl (C=O) groups is 3. The first-order chi connectivity index (χ1) is 19.6. The second-order valence-corrected chi connectivity index (χ2v) is 10.9. The SMILES string of the molecule is CCCCCCCCCCCCCCCC(=O)OC/C=C(/COC(C)=O)C(C/C=C(\C)C#CC=C(C)C)OC(C)=O. The van der Waals surface area contributed by atoms with Crippen molar-refractivity contribution in [3.8, 4) is 11.8 Å². The van der Waals surface area contributed by atoms with Crippen molar-refractivity contribution >= 4 is 17.9 Å². The standard InChI is InChI=1S/C35H56O6/c1-7-8-9-10-11-12-13-14-15-16-17-18-19-23-35(38)39-27-26-33(28-40-31(5)36)34(41-32(6)37)25-24-30(4)22-20-21-29(2)3/h21,24,26,34H,7-19,23,25,27-28H2,1-6H3/b30-24+,33-26-. The summed E-state index contributed by atoms with van der Waals surface area (Å²) < 4.78 is 16.1. The summed E-state index contributed by atoms with van der Waals surface area (Å²) in [6.07, 6.45) is 21.7. The number of esters is 3. The Morgan fingerprint density at radius 2 is 1.27 bits per heavy atom. The van der Waals surface area contributed by atoms with Crippen molar-refractivity contribution in [2.24, 2.45) is 0 Å². The van der Waals surface area contributed by atoms with Crippen molar-refractivity contribution in [3.05, 3.63) is 34.9 Å². The second-order valence-electron chi connectivity index (χ2n) is 10.9. The predicted molar refractivity (Wildman–Crippen MR) is 167 cm³/mol. The minimum Gasteiger partial charge on any atom is -0.461 e. The van der Waals surface area contributed by atoms with Gasteiger partial charge in [0.2, 0.25) is 0 Å². The molecular weight excluding hydrogens is 516 g/mol. The number of carbonyl (C=O) groups excluding carboxylic acids is 3. The second kappa shape index (κ2) is 26.1. The van der Waals surface area contributed by atoms with Crippen LogP contribution in [0.25, 0.3) is 0 Å². The maximum atomic E-state index is 12.3. The van der Waals surface area contributed by atoms with Gasteiger partial charge in [-0.3, -0.25) is 14.4 Å². The molecule has 0 bridgehead atoms. The zero-order valence-corrected chi connectivity index (χ0v) is 26.8. The maximum absolute atomic E-state index is 12.3. The van der Waals surface area contributed by atoms with Gasteiger partial charge in [-0.1, -0.05) is 107 Å². The molecule has 0 aromatic carbocycles. The van der Waals surface area contributed by atoms with E-state index < -0.39 is 18.0 Å². The van der Waals surface area contributed by atoms with Crippen LogP contribution < -0.4 is 0 Å². The first kappa shape index (κ1) is 38.2. The van der Waals surface area contributed by atoms with Crippen molar-refractivity contribution < 1.29 is 28.6 Å². The minimum atomic E-state index is -0.660. The van der Waals surface area contributed by atoms with Crippen molar-refractivity contribution in [2.45, 2.75) is 144 Å². The molecule has 1 unspecified atom stereocenters. The molecule has 0 saturated carbocycles. The molecule has 0 aliphatic heterocycles. The molecule has 232 valence electrons. The Kier molecular flexibility index (Phi) is 24.3. The third-order valence-corrected chi connectivity index (χ3v) is 6.51. The third-order valence-electron chi connectivity index (χ3n) is 6.51. The van der Waals surface area contributed by atoms with Crippen LogP contribution in [-0.2, 0) is 28.6 Å². The summed E-state index contributed by atoms with van der Waals surface area (Å²) in [6.45, 7) is 10.7. The smallest absolute Gasteiger partial charge is 0.306 e. The van der Waals surface area contributed by atoms with Gasteiger partial charge in [-0.05, 0) is 44.9 Å². The van der Waals surface area contributed by atoms with Gasteiger partial charge in [0.1, 0.15) is 19.3 Å². The fourth-order valence-corrected chi connectivity index (χ4v) is 4.17. The van der Waals surface area contributed by atoms with Crippen LogP contribution in [-0.4, -0.2) is 37.2 Å². The third kappa shape index (κ3) is 25.9. The molecule has 1 atom stereocenters. The summed E-state index contributed by atoms with van der Waals surface area (Å²) in [7, 11) is 0. The average molecular weight is 573 g/mol. The maximum Gasteiger partial charge on any atom is 0.306 e. The van der Waals surface area contributed by atoms with E-state index in [1.165, 1.54) is 78.1 Å². The fraction of sp³-hybridized carbons (Fsp3) is 0.686. The molecule has 6 heteroatoms.